The van der Waals surface area contributed by atoms with Crippen LogP contribution in [0, 0.1) is 0 Å². The number of hydrogen-bond donors (Lipinski definition) is 0. The van der Waals surface area contributed by atoms with Crippen molar-refractivity contribution < 1.29 is 4.42 Å². The van der Waals surface area contributed by atoms with Crippen LogP contribution in [0.4, 0.5) is 17.1 Å². The van der Waals surface area contributed by atoms with Crippen molar-refractivity contribution >= 4 is 49.8 Å². The van der Waals surface area contributed by atoms with Gasteiger partial charge in [-0.1, -0.05) is 152 Å². The van der Waals surface area contributed by atoms with E-state index < -0.39 is 0 Å². The molecule has 0 amide bonds. The van der Waals surface area contributed by atoms with Crippen LogP contribution >= 0.6 is 0 Å². The van der Waals surface area contributed by atoms with Gasteiger partial charge in [0.05, 0.1) is 5.69 Å². The fourth-order valence-electron chi connectivity index (χ4n) is 6.97. The highest BCUT2D eigenvalue weighted by molar-refractivity contribution is 6.22. The van der Waals surface area contributed by atoms with E-state index in [-0.39, 0.29) is 0 Å². The van der Waals surface area contributed by atoms with Crippen LogP contribution < -0.4 is 4.90 Å². The minimum absolute atomic E-state index is 0.891. The van der Waals surface area contributed by atoms with Crippen LogP contribution in [-0.4, -0.2) is 0 Å². The van der Waals surface area contributed by atoms with Crippen molar-refractivity contribution in [3.8, 4) is 33.4 Å². The molecule has 9 rings (SSSR count). The van der Waals surface area contributed by atoms with Gasteiger partial charge in [0.25, 0.3) is 0 Å². The number of para-hydroxylation sites is 1. The van der Waals surface area contributed by atoms with Crippen molar-refractivity contribution in [2.24, 2.45) is 0 Å². The van der Waals surface area contributed by atoms with Crippen molar-refractivity contribution in [2.45, 2.75) is 0 Å². The first kappa shape index (κ1) is 27.9. The zero-order valence-corrected chi connectivity index (χ0v) is 26.3. The second-order valence-corrected chi connectivity index (χ2v) is 12.1. The monoisotopic (exact) mass is 613 g/mol. The highest BCUT2D eigenvalue weighted by Crippen LogP contribution is 2.46. The van der Waals surface area contributed by atoms with E-state index in [1.165, 1.54) is 33.4 Å². The van der Waals surface area contributed by atoms with Crippen LogP contribution in [0.5, 0.6) is 0 Å². The molecule has 0 aliphatic heterocycles. The lowest BCUT2D eigenvalue weighted by Gasteiger charge is -2.27. The lowest BCUT2D eigenvalue weighted by molar-refractivity contribution is 0.673. The zero-order valence-electron chi connectivity index (χ0n) is 26.3. The first-order chi connectivity index (χ1) is 23.8. The molecule has 0 atom stereocenters. The molecule has 8 aromatic carbocycles. The molecule has 0 N–H and O–H groups in total. The second-order valence-electron chi connectivity index (χ2n) is 12.1. The molecule has 0 aliphatic rings. The maximum Gasteiger partial charge on any atom is 0.143 e. The summed E-state index contributed by atoms with van der Waals surface area (Å²) in [5.41, 5.74) is 12.3. The van der Waals surface area contributed by atoms with E-state index in [4.69, 9.17) is 4.42 Å². The molecule has 48 heavy (non-hydrogen) atoms. The van der Waals surface area contributed by atoms with Gasteiger partial charge in [0.2, 0.25) is 0 Å². The van der Waals surface area contributed by atoms with Crippen molar-refractivity contribution in [2.75, 3.05) is 4.90 Å². The lowest BCUT2D eigenvalue weighted by Crippen LogP contribution is -2.10. The Morgan fingerprint density at radius 1 is 0.354 bits per heavy atom. The third-order valence-corrected chi connectivity index (χ3v) is 9.27. The van der Waals surface area contributed by atoms with Crippen LogP contribution in [0.15, 0.2) is 192 Å². The molecule has 1 aromatic heterocycles. The number of hydrogen-bond acceptors (Lipinski definition) is 2. The Hall–Kier alpha value is -6.38. The summed E-state index contributed by atoms with van der Waals surface area (Å²) in [6.45, 7) is 0. The standard InChI is InChI=1S/C46H31NO/c1-4-13-32(14-5-1)33-23-25-34(26-24-33)35-27-29-38(30-28-35)47(37-17-8-3-9-18-37)43-31-42-45-39(36-15-6-2-7-16-36)21-12-22-44(45)48-46(42)41-20-11-10-19-40(41)43/h1-31H. The maximum atomic E-state index is 6.66. The molecule has 0 bridgehead atoms. The molecule has 0 saturated carbocycles. The second kappa shape index (κ2) is 11.8. The molecule has 0 unspecified atom stereocenters. The third-order valence-electron chi connectivity index (χ3n) is 9.27. The van der Waals surface area contributed by atoms with Crippen molar-refractivity contribution in [1.29, 1.82) is 0 Å². The molecule has 0 saturated heterocycles. The molecule has 1 heterocycles. The number of furan rings is 1. The predicted octanol–water partition coefficient (Wildman–Crippen LogP) is 13.2. The lowest BCUT2D eigenvalue weighted by atomic mass is 9.97. The van der Waals surface area contributed by atoms with E-state index in [1.54, 1.807) is 0 Å². The van der Waals surface area contributed by atoms with E-state index in [0.29, 0.717) is 0 Å². The van der Waals surface area contributed by atoms with Crippen LogP contribution in [0.25, 0.3) is 66.1 Å². The molecule has 0 fully saturated rings. The van der Waals surface area contributed by atoms with Gasteiger partial charge >= 0.3 is 0 Å². The molecule has 226 valence electrons. The van der Waals surface area contributed by atoms with E-state index >= 15 is 0 Å². The summed E-state index contributed by atoms with van der Waals surface area (Å²) in [6, 6.07) is 66.8. The van der Waals surface area contributed by atoms with E-state index in [1.807, 2.05) is 0 Å². The normalized spacial score (nSPS) is 11.3. The molecule has 0 spiro atoms. The van der Waals surface area contributed by atoms with Gasteiger partial charge in [0.15, 0.2) is 0 Å². The van der Waals surface area contributed by atoms with Gasteiger partial charge < -0.3 is 9.32 Å². The molecule has 9 aromatic rings. The summed E-state index contributed by atoms with van der Waals surface area (Å²) < 4.78 is 6.66. The average Bonchev–Trinajstić information content (AvgIpc) is 3.56. The summed E-state index contributed by atoms with van der Waals surface area (Å²) in [6.07, 6.45) is 0. The van der Waals surface area contributed by atoms with E-state index in [2.05, 4.69) is 193 Å². The van der Waals surface area contributed by atoms with Crippen LogP contribution in [0.3, 0.4) is 0 Å². The van der Waals surface area contributed by atoms with Gasteiger partial charge in [-0.2, -0.15) is 0 Å². The van der Waals surface area contributed by atoms with Gasteiger partial charge in [-0.15, -0.1) is 0 Å². The average molecular weight is 614 g/mol. The van der Waals surface area contributed by atoms with Crippen LogP contribution in [-0.2, 0) is 0 Å². The van der Waals surface area contributed by atoms with E-state index in [0.717, 1.165) is 49.8 Å². The van der Waals surface area contributed by atoms with Gasteiger partial charge in [-0.25, -0.2) is 0 Å². The minimum atomic E-state index is 0.891. The first-order valence-electron chi connectivity index (χ1n) is 16.4. The SMILES string of the molecule is c1ccc(-c2ccc(-c3ccc(N(c4ccccc4)c4cc5c(oc6cccc(-c7ccccc7)c65)c5ccccc45)cc3)cc2)cc1. The number of fused-ring (bicyclic) bond motifs is 5. The van der Waals surface area contributed by atoms with Crippen molar-refractivity contribution in [3.05, 3.63) is 188 Å². The summed E-state index contributed by atoms with van der Waals surface area (Å²) in [5.74, 6) is 0. The highest BCUT2D eigenvalue weighted by atomic mass is 16.3. The van der Waals surface area contributed by atoms with Gasteiger partial charge in [0.1, 0.15) is 11.2 Å². The quantitative estimate of drug-likeness (QED) is 0.185. The zero-order chi connectivity index (χ0) is 31.9. The fourth-order valence-corrected chi connectivity index (χ4v) is 6.97. The first-order valence-corrected chi connectivity index (χ1v) is 16.4. The van der Waals surface area contributed by atoms with Crippen LogP contribution in [0.2, 0.25) is 0 Å². The van der Waals surface area contributed by atoms with Gasteiger partial charge in [-0.05, 0) is 69.8 Å². The molecular formula is C46H31NO. The Balaban J connectivity index is 1.21. The minimum Gasteiger partial charge on any atom is -0.455 e. The number of benzene rings is 8. The third kappa shape index (κ3) is 4.83. The Morgan fingerprint density at radius 2 is 0.854 bits per heavy atom. The molecule has 0 radical (unpaired) electrons. The van der Waals surface area contributed by atoms with E-state index in [9.17, 15) is 0 Å². The fraction of sp³-hybridized carbons (Fsp3) is 0. The number of rotatable bonds is 6. The van der Waals surface area contributed by atoms with Crippen molar-refractivity contribution in [3.63, 3.8) is 0 Å². The van der Waals surface area contributed by atoms with Gasteiger partial charge in [0, 0.05) is 32.9 Å². The molecular weight excluding hydrogens is 583 g/mol. The summed E-state index contributed by atoms with van der Waals surface area (Å²) in [5, 5.41) is 4.47. The Morgan fingerprint density at radius 3 is 1.50 bits per heavy atom. The maximum absolute atomic E-state index is 6.66. The Kier molecular flexibility index (Phi) is 6.84. The predicted molar refractivity (Wildman–Crippen MR) is 202 cm³/mol. The summed E-state index contributed by atoms with van der Waals surface area (Å²) >= 11 is 0. The summed E-state index contributed by atoms with van der Waals surface area (Å²) in [7, 11) is 0. The topological polar surface area (TPSA) is 16.4 Å². The number of nitrogens with zero attached hydrogens (tertiary/aromatic N) is 1. The largest absolute Gasteiger partial charge is 0.455 e. The smallest absolute Gasteiger partial charge is 0.143 e. The molecule has 2 nitrogen and oxygen atoms in total. The van der Waals surface area contributed by atoms with Crippen LogP contribution in [0.1, 0.15) is 0 Å². The van der Waals surface area contributed by atoms with Crippen molar-refractivity contribution in [1.82, 2.24) is 0 Å². The Bertz CT molecular complexity index is 2520. The molecule has 0 aliphatic carbocycles. The highest BCUT2D eigenvalue weighted by Gasteiger charge is 2.21. The van der Waals surface area contributed by atoms with Gasteiger partial charge in [-0.3, -0.25) is 0 Å². The number of anilines is 3. The summed E-state index contributed by atoms with van der Waals surface area (Å²) in [4.78, 5) is 2.37. The molecule has 2 heteroatoms. The Labute approximate surface area is 279 Å².